The molecular formula is C9H9F2NO2. The molecule has 0 radical (unpaired) electrons. The quantitative estimate of drug-likeness (QED) is 0.783. The molecule has 0 fully saturated rings. The Balaban J connectivity index is 2.87. The third-order valence-corrected chi connectivity index (χ3v) is 1.68. The van der Waals surface area contributed by atoms with Gasteiger partial charge >= 0.3 is 5.97 Å². The zero-order chi connectivity index (χ0) is 10.7. The fourth-order valence-electron chi connectivity index (χ4n) is 0.953. The summed E-state index contributed by atoms with van der Waals surface area (Å²) < 4.78 is 26.0. The van der Waals surface area contributed by atoms with Gasteiger partial charge in [-0.3, -0.25) is 4.79 Å². The molecule has 0 aliphatic rings. The van der Waals surface area contributed by atoms with Crippen LogP contribution >= 0.6 is 0 Å². The van der Waals surface area contributed by atoms with E-state index >= 15 is 0 Å². The molecular weight excluding hydrogens is 192 g/mol. The molecule has 0 heterocycles. The van der Waals surface area contributed by atoms with Crippen LogP contribution in [0.2, 0.25) is 0 Å². The monoisotopic (exact) mass is 201 g/mol. The van der Waals surface area contributed by atoms with Crippen molar-refractivity contribution in [2.75, 3.05) is 11.9 Å². The molecule has 1 aromatic rings. The minimum atomic E-state index is -1.13. The molecule has 0 bridgehead atoms. The van der Waals surface area contributed by atoms with Crippen LogP contribution in [0.1, 0.15) is 5.56 Å². The highest BCUT2D eigenvalue weighted by Gasteiger charge is 2.07. The Morgan fingerprint density at radius 2 is 2.07 bits per heavy atom. The standard InChI is InChI=1S/C9H9F2NO2/c1-5-2-7(11)8(3-6(5)10)12-4-9(13)14/h2-3,12H,4H2,1H3,(H,13,14). The van der Waals surface area contributed by atoms with E-state index in [-0.39, 0.29) is 11.3 Å². The minimum absolute atomic E-state index is 0.143. The topological polar surface area (TPSA) is 49.3 Å². The Labute approximate surface area is 79.4 Å². The second-order valence-electron chi connectivity index (χ2n) is 2.83. The number of aryl methyl sites for hydroxylation is 1. The van der Waals surface area contributed by atoms with Crippen molar-refractivity contribution in [3.63, 3.8) is 0 Å². The summed E-state index contributed by atoms with van der Waals surface area (Å²) in [6.07, 6.45) is 0. The van der Waals surface area contributed by atoms with Gasteiger partial charge in [-0.05, 0) is 18.6 Å². The zero-order valence-electron chi connectivity index (χ0n) is 7.47. The van der Waals surface area contributed by atoms with Crippen LogP contribution in [-0.2, 0) is 4.79 Å². The Morgan fingerprint density at radius 3 is 2.64 bits per heavy atom. The Morgan fingerprint density at radius 1 is 1.43 bits per heavy atom. The van der Waals surface area contributed by atoms with E-state index in [1.165, 1.54) is 6.92 Å². The molecule has 0 saturated carbocycles. The number of carboxylic acid groups (broad SMARTS) is 1. The van der Waals surface area contributed by atoms with E-state index in [9.17, 15) is 13.6 Å². The highest BCUT2D eigenvalue weighted by Crippen LogP contribution is 2.18. The molecule has 0 saturated heterocycles. The Bertz CT molecular complexity index is 366. The zero-order valence-corrected chi connectivity index (χ0v) is 7.47. The number of carbonyl (C=O) groups is 1. The number of hydrogen-bond donors (Lipinski definition) is 2. The predicted molar refractivity (Wildman–Crippen MR) is 47.2 cm³/mol. The van der Waals surface area contributed by atoms with E-state index in [4.69, 9.17) is 5.11 Å². The highest BCUT2D eigenvalue weighted by molar-refractivity contribution is 5.72. The molecule has 0 aliphatic carbocycles. The number of aliphatic carboxylic acids is 1. The van der Waals surface area contributed by atoms with E-state index in [1.807, 2.05) is 0 Å². The van der Waals surface area contributed by atoms with Crippen LogP contribution in [0.15, 0.2) is 12.1 Å². The smallest absolute Gasteiger partial charge is 0.322 e. The molecule has 2 N–H and O–H groups in total. The van der Waals surface area contributed by atoms with Crippen molar-refractivity contribution in [3.8, 4) is 0 Å². The molecule has 0 atom stereocenters. The highest BCUT2D eigenvalue weighted by atomic mass is 19.1. The molecule has 3 nitrogen and oxygen atoms in total. The summed E-state index contributed by atoms with van der Waals surface area (Å²) in [5, 5.41) is 10.6. The van der Waals surface area contributed by atoms with Crippen LogP contribution in [0.25, 0.3) is 0 Å². The summed E-state index contributed by atoms with van der Waals surface area (Å²) in [5.74, 6) is -2.37. The van der Waals surface area contributed by atoms with Gasteiger partial charge in [0.25, 0.3) is 0 Å². The van der Waals surface area contributed by atoms with Crippen LogP contribution < -0.4 is 5.32 Å². The van der Waals surface area contributed by atoms with Gasteiger partial charge < -0.3 is 10.4 Å². The average Bonchev–Trinajstić information content (AvgIpc) is 2.09. The van der Waals surface area contributed by atoms with E-state index in [0.29, 0.717) is 0 Å². The van der Waals surface area contributed by atoms with E-state index in [1.54, 1.807) is 0 Å². The van der Waals surface area contributed by atoms with E-state index in [2.05, 4.69) is 5.32 Å². The predicted octanol–water partition coefficient (Wildman–Crippen LogP) is 1.77. The Kier molecular flexibility index (Phi) is 3.01. The molecule has 5 heteroatoms. The lowest BCUT2D eigenvalue weighted by molar-refractivity contribution is -0.134. The maximum atomic E-state index is 13.1. The number of rotatable bonds is 3. The number of carboxylic acids is 1. The van der Waals surface area contributed by atoms with E-state index < -0.39 is 24.1 Å². The summed E-state index contributed by atoms with van der Waals surface area (Å²) in [4.78, 5) is 10.2. The normalized spacial score (nSPS) is 9.93. The molecule has 1 rings (SSSR count). The lowest BCUT2D eigenvalue weighted by Gasteiger charge is -2.06. The minimum Gasteiger partial charge on any atom is -0.480 e. The SMILES string of the molecule is Cc1cc(F)c(NCC(=O)O)cc1F. The number of hydrogen-bond acceptors (Lipinski definition) is 2. The lowest BCUT2D eigenvalue weighted by atomic mass is 10.2. The maximum Gasteiger partial charge on any atom is 0.322 e. The fraction of sp³-hybridized carbons (Fsp3) is 0.222. The first-order valence-electron chi connectivity index (χ1n) is 3.92. The van der Waals surface area contributed by atoms with Gasteiger partial charge in [0.05, 0.1) is 5.69 Å². The van der Waals surface area contributed by atoms with Gasteiger partial charge in [-0.2, -0.15) is 0 Å². The van der Waals surface area contributed by atoms with Crippen molar-refractivity contribution in [3.05, 3.63) is 29.3 Å². The summed E-state index contributed by atoms with van der Waals surface area (Å²) in [6, 6.07) is 1.95. The van der Waals surface area contributed by atoms with Gasteiger partial charge in [0.15, 0.2) is 0 Å². The first kappa shape index (κ1) is 10.4. The van der Waals surface area contributed by atoms with Crippen LogP contribution in [0.4, 0.5) is 14.5 Å². The number of halogens is 2. The third-order valence-electron chi connectivity index (χ3n) is 1.68. The van der Waals surface area contributed by atoms with Crippen LogP contribution in [0, 0.1) is 18.6 Å². The molecule has 1 aromatic carbocycles. The molecule has 76 valence electrons. The van der Waals surface area contributed by atoms with Crippen molar-refractivity contribution < 1.29 is 18.7 Å². The third kappa shape index (κ3) is 2.42. The summed E-state index contributed by atoms with van der Waals surface area (Å²) in [6.45, 7) is 0.985. The molecule has 0 aliphatic heterocycles. The average molecular weight is 201 g/mol. The summed E-state index contributed by atoms with van der Waals surface area (Å²) >= 11 is 0. The van der Waals surface area contributed by atoms with Crippen molar-refractivity contribution in [2.45, 2.75) is 6.92 Å². The van der Waals surface area contributed by atoms with Gasteiger partial charge in [-0.1, -0.05) is 0 Å². The van der Waals surface area contributed by atoms with Crippen molar-refractivity contribution in [2.24, 2.45) is 0 Å². The van der Waals surface area contributed by atoms with Gasteiger partial charge in [0.2, 0.25) is 0 Å². The molecule has 0 amide bonds. The molecule has 0 spiro atoms. The van der Waals surface area contributed by atoms with Gasteiger partial charge in [0.1, 0.15) is 18.2 Å². The van der Waals surface area contributed by atoms with Gasteiger partial charge in [-0.15, -0.1) is 0 Å². The number of benzene rings is 1. The first-order chi connectivity index (χ1) is 6.50. The lowest BCUT2D eigenvalue weighted by Crippen LogP contribution is -2.13. The van der Waals surface area contributed by atoms with Gasteiger partial charge in [-0.25, -0.2) is 8.78 Å². The maximum absolute atomic E-state index is 13.1. The van der Waals surface area contributed by atoms with Crippen LogP contribution in [0.5, 0.6) is 0 Å². The van der Waals surface area contributed by atoms with Gasteiger partial charge in [0, 0.05) is 6.07 Å². The van der Waals surface area contributed by atoms with Crippen LogP contribution in [-0.4, -0.2) is 17.6 Å². The first-order valence-corrected chi connectivity index (χ1v) is 3.92. The molecule has 0 unspecified atom stereocenters. The summed E-state index contributed by atoms with van der Waals surface area (Å²) in [7, 11) is 0. The van der Waals surface area contributed by atoms with Crippen LogP contribution in [0.3, 0.4) is 0 Å². The number of anilines is 1. The van der Waals surface area contributed by atoms with Crippen molar-refractivity contribution in [1.29, 1.82) is 0 Å². The second-order valence-corrected chi connectivity index (χ2v) is 2.83. The van der Waals surface area contributed by atoms with Crippen molar-refractivity contribution in [1.82, 2.24) is 0 Å². The largest absolute Gasteiger partial charge is 0.480 e. The van der Waals surface area contributed by atoms with E-state index in [0.717, 1.165) is 12.1 Å². The fourth-order valence-corrected chi connectivity index (χ4v) is 0.953. The molecule has 0 aromatic heterocycles. The molecule has 14 heavy (non-hydrogen) atoms. The second kappa shape index (κ2) is 4.04. The number of nitrogens with one attached hydrogen (secondary N) is 1. The summed E-state index contributed by atoms with van der Waals surface area (Å²) in [5.41, 5.74) is 0.0406. The Hall–Kier alpha value is -1.65. The van der Waals surface area contributed by atoms with Crippen molar-refractivity contribution >= 4 is 11.7 Å².